The minimum atomic E-state index is -0.974. The molecule has 0 saturated carbocycles. The minimum Gasteiger partial charge on any atom is -0.365 e. The second kappa shape index (κ2) is 5.92. The summed E-state index contributed by atoms with van der Waals surface area (Å²) in [5, 5.41) is 1.11. The molecular weight excluding hydrogens is 273 g/mol. The van der Waals surface area contributed by atoms with Crippen LogP contribution in [0.4, 0.5) is 5.69 Å². The average molecular weight is 291 g/mol. The van der Waals surface area contributed by atoms with Crippen molar-refractivity contribution < 1.29 is 9.05 Å². The summed E-state index contributed by atoms with van der Waals surface area (Å²) in [6, 6.07) is 6.49. The number of imidazole rings is 1. The van der Waals surface area contributed by atoms with Crippen LogP contribution in [-0.4, -0.2) is 30.7 Å². The van der Waals surface area contributed by atoms with Gasteiger partial charge >= 0.3 is 0 Å². The molecular formula is C14H18N3O2P. The summed E-state index contributed by atoms with van der Waals surface area (Å²) in [7, 11) is 2.40. The van der Waals surface area contributed by atoms with E-state index in [1.54, 1.807) is 20.5 Å². The molecule has 0 spiro atoms. The molecule has 0 fully saturated rings. The highest BCUT2D eigenvalue weighted by Crippen LogP contribution is 2.38. The van der Waals surface area contributed by atoms with Crippen molar-refractivity contribution in [1.29, 1.82) is 0 Å². The molecule has 0 atom stereocenters. The number of hydrogen-bond donors (Lipinski definition) is 1. The standard InChI is InChI=1S/C14H18N3O2P/c1-18-20(19-2)13-4-3-11-5-6-17(14(11)7-13)9-12-8-15-10-16-12/h3-4,7-8,10H,5-6,9H2,1-2H3,(H,15,16). The molecule has 0 bridgehead atoms. The van der Waals surface area contributed by atoms with E-state index in [1.807, 2.05) is 6.20 Å². The van der Waals surface area contributed by atoms with Crippen molar-refractivity contribution in [2.75, 3.05) is 25.7 Å². The molecule has 0 aliphatic carbocycles. The van der Waals surface area contributed by atoms with Crippen LogP contribution in [0.3, 0.4) is 0 Å². The molecule has 20 heavy (non-hydrogen) atoms. The first-order valence-electron chi connectivity index (χ1n) is 6.55. The van der Waals surface area contributed by atoms with Gasteiger partial charge in [0.05, 0.1) is 18.6 Å². The van der Waals surface area contributed by atoms with Crippen LogP contribution in [0.2, 0.25) is 0 Å². The average Bonchev–Trinajstić information content (AvgIpc) is 3.11. The lowest BCUT2D eigenvalue weighted by molar-refractivity contribution is 0.350. The van der Waals surface area contributed by atoms with Gasteiger partial charge < -0.3 is 18.9 Å². The number of benzene rings is 1. The minimum absolute atomic E-state index is 0.855. The van der Waals surface area contributed by atoms with Crippen molar-refractivity contribution in [3.8, 4) is 0 Å². The summed E-state index contributed by atoms with van der Waals surface area (Å²) in [6.07, 6.45) is 4.68. The lowest BCUT2D eigenvalue weighted by Gasteiger charge is -2.20. The summed E-state index contributed by atoms with van der Waals surface area (Å²) >= 11 is 0. The maximum absolute atomic E-state index is 5.39. The Bertz CT molecular complexity index is 570. The van der Waals surface area contributed by atoms with Crippen molar-refractivity contribution in [3.05, 3.63) is 42.0 Å². The zero-order valence-corrected chi connectivity index (χ0v) is 12.6. The smallest absolute Gasteiger partial charge is 0.204 e. The third-order valence-corrected chi connectivity index (χ3v) is 4.88. The molecule has 0 radical (unpaired) electrons. The van der Waals surface area contributed by atoms with E-state index in [4.69, 9.17) is 9.05 Å². The Balaban J connectivity index is 1.85. The Labute approximate surface area is 119 Å². The molecule has 0 saturated heterocycles. The van der Waals surface area contributed by atoms with E-state index in [0.29, 0.717) is 0 Å². The van der Waals surface area contributed by atoms with E-state index in [2.05, 4.69) is 33.1 Å². The van der Waals surface area contributed by atoms with Gasteiger partial charge in [0.25, 0.3) is 0 Å². The van der Waals surface area contributed by atoms with Crippen LogP contribution in [0.5, 0.6) is 0 Å². The molecule has 0 amide bonds. The molecule has 3 rings (SSSR count). The summed E-state index contributed by atoms with van der Waals surface area (Å²) in [6.45, 7) is 1.89. The Hall–Kier alpha value is -1.42. The quantitative estimate of drug-likeness (QED) is 0.858. The number of aromatic nitrogens is 2. The molecule has 106 valence electrons. The van der Waals surface area contributed by atoms with Crippen LogP contribution in [-0.2, 0) is 22.0 Å². The highest BCUT2D eigenvalue weighted by Gasteiger charge is 2.22. The van der Waals surface area contributed by atoms with Gasteiger partial charge in [0.15, 0.2) is 0 Å². The summed E-state index contributed by atoms with van der Waals surface area (Å²) in [5.41, 5.74) is 3.79. The van der Waals surface area contributed by atoms with E-state index in [9.17, 15) is 0 Å². The maximum Gasteiger partial charge on any atom is 0.204 e. The van der Waals surface area contributed by atoms with E-state index in [-0.39, 0.29) is 0 Å². The van der Waals surface area contributed by atoms with Gasteiger partial charge in [-0.2, -0.15) is 0 Å². The third-order valence-electron chi connectivity index (χ3n) is 3.52. The topological polar surface area (TPSA) is 50.4 Å². The number of rotatable bonds is 5. The van der Waals surface area contributed by atoms with Gasteiger partial charge in [-0.05, 0) is 24.1 Å². The molecule has 1 aliphatic rings. The summed E-state index contributed by atoms with van der Waals surface area (Å²) < 4.78 is 10.8. The van der Waals surface area contributed by atoms with Gasteiger partial charge in [-0.25, -0.2) is 4.98 Å². The fraction of sp³-hybridized carbons (Fsp3) is 0.357. The van der Waals surface area contributed by atoms with Crippen LogP contribution >= 0.6 is 8.38 Å². The number of nitrogens with one attached hydrogen (secondary N) is 1. The predicted octanol–water partition coefficient (Wildman–Crippen LogP) is 2.20. The van der Waals surface area contributed by atoms with Gasteiger partial charge in [0.1, 0.15) is 0 Å². The van der Waals surface area contributed by atoms with Crippen molar-refractivity contribution >= 4 is 19.4 Å². The van der Waals surface area contributed by atoms with Crippen LogP contribution in [0.1, 0.15) is 11.3 Å². The molecule has 5 nitrogen and oxygen atoms in total. The number of hydrogen-bond acceptors (Lipinski definition) is 4. The lowest BCUT2D eigenvalue weighted by Crippen LogP contribution is -2.20. The first-order chi connectivity index (χ1) is 9.81. The van der Waals surface area contributed by atoms with Crippen molar-refractivity contribution in [2.24, 2.45) is 0 Å². The Morgan fingerprint density at radius 2 is 2.20 bits per heavy atom. The predicted molar refractivity (Wildman–Crippen MR) is 80.4 cm³/mol. The highest BCUT2D eigenvalue weighted by molar-refractivity contribution is 7.55. The number of nitrogens with zero attached hydrogens (tertiary/aromatic N) is 2. The van der Waals surface area contributed by atoms with E-state index < -0.39 is 8.38 Å². The molecule has 1 N–H and O–H groups in total. The first-order valence-corrected chi connectivity index (χ1v) is 7.73. The largest absolute Gasteiger partial charge is 0.365 e. The molecule has 6 heteroatoms. The van der Waals surface area contributed by atoms with Gasteiger partial charge in [-0.3, -0.25) is 0 Å². The van der Waals surface area contributed by atoms with Gasteiger partial charge in [-0.15, -0.1) is 0 Å². The van der Waals surface area contributed by atoms with E-state index in [1.165, 1.54) is 11.3 Å². The number of fused-ring (bicyclic) bond motifs is 1. The monoisotopic (exact) mass is 291 g/mol. The Morgan fingerprint density at radius 3 is 2.90 bits per heavy atom. The Morgan fingerprint density at radius 1 is 1.35 bits per heavy atom. The van der Waals surface area contributed by atoms with Crippen LogP contribution in [0, 0.1) is 0 Å². The van der Waals surface area contributed by atoms with Crippen molar-refractivity contribution in [1.82, 2.24) is 9.97 Å². The van der Waals surface area contributed by atoms with Crippen LogP contribution in [0.25, 0.3) is 0 Å². The second-order valence-corrected chi connectivity index (χ2v) is 6.44. The van der Waals surface area contributed by atoms with Crippen LogP contribution < -0.4 is 10.2 Å². The van der Waals surface area contributed by atoms with Gasteiger partial charge in [0.2, 0.25) is 8.38 Å². The van der Waals surface area contributed by atoms with Gasteiger partial charge in [0, 0.05) is 38.0 Å². The molecule has 1 aromatic carbocycles. The normalized spacial score (nSPS) is 14.1. The lowest BCUT2D eigenvalue weighted by atomic mass is 10.2. The second-order valence-electron chi connectivity index (χ2n) is 4.68. The highest BCUT2D eigenvalue weighted by atomic mass is 31.2. The van der Waals surface area contributed by atoms with E-state index >= 15 is 0 Å². The fourth-order valence-electron chi connectivity index (χ4n) is 2.57. The van der Waals surface area contributed by atoms with Gasteiger partial charge in [-0.1, -0.05) is 6.07 Å². The summed E-state index contributed by atoms with van der Waals surface area (Å²) in [5.74, 6) is 0. The number of aromatic amines is 1. The van der Waals surface area contributed by atoms with Crippen molar-refractivity contribution in [3.63, 3.8) is 0 Å². The SMILES string of the molecule is COP(OC)c1ccc2c(c1)N(Cc1cnc[nH]1)CC2. The molecule has 1 aromatic heterocycles. The van der Waals surface area contributed by atoms with Crippen LogP contribution in [0.15, 0.2) is 30.7 Å². The van der Waals surface area contributed by atoms with E-state index in [0.717, 1.165) is 30.5 Å². The number of H-pyrrole nitrogens is 1. The third kappa shape index (κ3) is 2.57. The van der Waals surface area contributed by atoms with Crippen molar-refractivity contribution in [2.45, 2.75) is 13.0 Å². The molecule has 1 aliphatic heterocycles. The summed E-state index contributed by atoms with van der Waals surface area (Å²) in [4.78, 5) is 9.60. The first kappa shape index (κ1) is 13.6. The zero-order chi connectivity index (χ0) is 13.9. The molecule has 2 aromatic rings. The Kier molecular flexibility index (Phi) is 4.01. The fourth-order valence-corrected chi connectivity index (χ4v) is 3.57. The zero-order valence-electron chi connectivity index (χ0n) is 11.7. The molecule has 2 heterocycles. The maximum atomic E-state index is 5.39. The molecule has 0 unspecified atom stereocenters. The number of anilines is 1.